The number of fused-ring (bicyclic) bond motifs is 7. The Bertz CT molecular complexity index is 2750. The minimum Gasteiger partial charge on any atom is -0.376 e. The number of aromatic nitrogens is 2. The van der Waals surface area contributed by atoms with E-state index in [1.165, 1.54) is 0 Å². The highest BCUT2D eigenvalue weighted by Crippen LogP contribution is 2.46. The molecule has 2 atom stereocenters. The fourth-order valence-corrected chi connectivity index (χ4v) is 7.85. The van der Waals surface area contributed by atoms with Crippen LogP contribution >= 0.6 is 0 Å². The number of nitrogens with one attached hydrogen (secondary N) is 2. The van der Waals surface area contributed by atoms with E-state index in [2.05, 4.69) is 195 Å². The van der Waals surface area contributed by atoms with Crippen molar-refractivity contribution >= 4 is 62.5 Å². The summed E-state index contributed by atoms with van der Waals surface area (Å²) in [6.07, 6.45) is 8.21. The van der Waals surface area contributed by atoms with Gasteiger partial charge in [0.2, 0.25) is 5.95 Å². The van der Waals surface area contributed by atoms with Gasteiger partial charge in [0.05, 0.1) is 28.5 Å². The van der Waals surface area contributed by atoms with Crippen molar-refractivity contribution in [2.45, 2.75) is 12.1 Å². The lowest BCUT2D eigenvalue weighted by molar-refractivity contribution is 0.738. The topological polar surface area (TPSA) is 74.4 Å². The fourth-order valence-electron chi connectivity index (χ4n) is 7.85. The Morgan fingerprint density at radius 2 is 1.16 bits per heavy atom. The summed E-state index contributed by atoms with van der Waals surface area (Å²) in [6.45, 7) is 0. The average Bonchev–Trinajstić information content (AvgIpc) is 3.62. The predicted octanol–water partition coefficient (Wildman–Crippen LogP) is 11.9. The lowest BCUT2D eigenvalue weighted by atomic mass is 9.98. The Balaban J connectivity index is 1.23. The molecule has 4 N–H and O–H groups in total. The van der Waals surface area contributed by atoms with Crippen LogP contribution < -0.4 is 26.2 Å². The van der Waals surface area contributed by atoms with Gasteiger partial charge in [-0.2, -0.15) is 0 Å². The van der Waals surface area contributed by atoms with Crippen molar-refractivity contribution in [3.63, 3.8) is 0 Å². The van der Waals surface area contributed by atoms with Gasteiger partial charge in [-0.25, -0.2) is 4.98 Å². The molecule has 10 rings (SSSR count). The summed E-state index contributed by atoms with van der Waals surface area (Å²) in [5, 5.41) is 7.61. The van der Waals surface area contributed by atoms with Gasteiger partial charge in [0.1, 0.15) is 0 Å². The highest BCUT2D eigenvalue weighted by molar-refractivity contribution is 5.94. The van der Waals surface area contributed by atoms with E-state index < -0.39 is 0 Å². The van der Waals surface area contributed by atoms with E-state index in [1.54, 1.807) is 0 Å². The highest BCUT2D eigenvalue weighted by Gasteiger charge is 2.26. The van der Waals surface area contributed by atoms with Gasteiger partial charge in [0, 0.05) is 57.0 Å². The zero-order chi connectivity index (χ0) is 37.4. The van der Waals surface area contributed by atoms with Crippen molar-refractivity contribution in [3.8, 4) is 16.8 Å². The molecule has 0 fully saturated rings. The van der Waals surface area contributed by atoms with E-state index in [0.717, 1.165) is 79.3 Å². The number of nitrogens with two attached hydrogens (primary N) is 1. The minimum absolute atomic E-state index is 0.0379. The van der Waals surface area contributed by atoms with Gasteiger partial charge in [-0.1, -0.05) is 109 Å². The van der Waals surface area contributed by atoms with Gasteiger partial charge in [-0.05, 0) is 91.0 Å². The molecule has 7 heteroatoms. The Kier molecular flexibility index (Phi) is 8.39. The molecule has 0 amide bonds. The van der Waals surface area contributed by atoms with Crippen LogP contribution in [0, 0.1) is 0 Å². The largest absolute Gasteiger partial charge is 0.376 e. The van der Waals surface area contributed by atoms with Crippen molar-refractivity contribution in [1.29, 1.82) is 0 Å². The molecule has 270 valence electrons. The first kappa shape index (κ1) is 33.2. The van der Waals surface area contributed by atoms with Crippen LogP contribution in [-0.2, 0) is 0 Å². The van der Waals surface area contributed by atoms with Crippen LogP contribution in [0.15, 0.2) is 200 Å². The van der Waals surface area contributed by atoms with Crippen molar-refractivity contribution in [2.24, 2.45) is 5.73 Å². The minimum atomic E-state index is -0.137. The van der Waals surface area contributed by atoms with Crippen LogP contribution in [-0.4, -0.2) is 21.6 Å². The summed E-state index contributed by atoms with van der Waals surface area (Å²) in [5.74, 6) is 0.781. The van der Waals surface area contributed by atoms with Crippen LogP contribution in [0.2, 0.25) is 0 Å². The number of benzene rings is 7. The maximum absolute atomic E-state index is 6.54. The number of imidazole rings is 1. The van der Waals surface area contributed by atoms with Crippen molar-refractivity contribution < 1.29 is 0 Å². The van der Waals surface area contributed by atoms with Crippen LogP contribution in [0.25, 0.3) is 27.8 Å². The van der Waals surface area contributed by atoms with E-state index in [1.807, 2.05) is 30.4 Å². The third-order valence-electron chi connectivity index (χ3n) is 10.5. The maximum Gasteiger partial charge on any atom is 0.220 e. The van der Waals surface area contributed by atoms with Crippen LogP contribution in [0.1, 0.15) is 0 Å². The third kappa shape index (κ3) is 6.06. The van der Waals surface area contributed by atoms with Gasteiger partial charge < -0.3 is 21.3 Å². The van der Waals surface area contributed by atoms with Gasteiger partial charge in [-0.3, -0.25) is 9.47 Å². The van der Waals surface area contributed by atoms with Crippen molar-refractivity contribution in [2.75, 3.05) is 20.4 Å². The SMILES string of the molecule is NC1C=CC=CC1Nc1ccccc1-c1ccc2cc1Nc1cccc(c1)N(c1ccccc1)c1cccc(c1)N2c1nc2ccccc2n1-c1ccccc1. The zero-order valence-corrected chi connectivity index (χ0v) is 30.6. The summed E-state index contributed by atoms with van der Waals surface area (Å²) in [4.78, 5) is 9.95. The van der Waals surface area contributed by atoms with E-state index in [9.17, 15) is 0 Å². The number of hydrogen-bond acceptors (Lipinski definition) is 6. The van der Waals surface area contributed by atoms with Crippen LogP contribution in [0.5, 0.6) is 0 Å². The van der Waals surface area contributed by atoms with Gasteiger partial charge in [-0.15, -0.1) is 0 Å². The fraction of sp³-hybridized carbons (Fsp3) is 0.0408. The van der Waals surface area contributed by atoms with E-state index in [4.69, 9.17) is 10.7 Å². The number of rotatable bonds is 6. The number of nitrogens with zero attached hydrogens (tertiary/aromatic N) is 4. The quantitative estimate of drug-likeness (QED) is 0.158. The maximum atomic E-state index is 6.54. The summed E-state index contributed by atoms with van der Waals surface area (Å²) >= 11 is 0. The monoisotopic (exact) mass is 725 g/mol. The molecule has 0 saturated heterocycles. The van der Waals surface area contributed by atoms with Crippen LogP contribution in [0.3, 0.4) is 0 Å². The molecular weight excluding hydrogens is 687 g/mol. The number of allylic oxidation sites excluding steroid dienone is 2. The Hall–Kier alpha value is -7.35. The molecule has 7 nitrogen and oxygen atoms in total. The second-order valence-corrected chi connectivity index (χ2v) is 14.1. The molecule has 1 aromatic heterocycles. The summed E-state index contributed by atoms with van der Waals surface area (Å²) in [6, 6.07) is 61.6. The predicted molar refractivity (Wildman–Crippen MR) is 233 cm³/mol. The molecule has 7 aromatic carbocycles. The average molecular weight is 726 g/mol. The van der Waals surface area contributed by atoms with Gasteiger partial charge >= 0.3 is 0 Å². The summed E-state index contributed by atoms with van der Waals surface area (Å²) in [5.41, 5.74) is 19.6. The molecule has 56 heavy (non-hydrogen) atoms. The third-order valence-corrected chi connectivity index (χ3v) is 10.5. The van der Waals surface area contributed by atoms with Crippen LogP contribution in [0.4, 0.5) is 51.4 Å². The van der Waals surface area contributed by atoms with E-state index >= 15 is 0 Å². The molecular formula is C49H39N7. The molecule has 2 aliphatic rings. The molecule has 0 saturated carbocycles. The second kappa shape index (κ2) is 14.1. The van der Waals surface area contributed by atoms with E-state index in [-0.39, 0.29) is 12.1 Å². The Labute approximate surface area is 326 Å². The van der Waals surface area contributed by atoms with Gasteiger partial charge in [0.25, 0.3) is 0 Å². The molecule has 2 heterocycles. The highest BCUT2D eigenvalue weighted by atomic mass is 15.3. The standard InChI is InChI=1S/C49H39N7/c50-43-24-8-10-26-45(43)52-44-25-9-7-23-41(44)42-30-29-40-33-47(42)51-34-15-13-20-37(31-34)54(35-16-3-1-4-17-35)38-21-14-22-39(32-38)55(40)49-53-46-27-11-12-28-48(46)56(49)36-18-5-2-6-19-36/h1-33,43,45,51-52H,50H2. The first-order valence-electron chi connectivity index (χ1n) is 18.9. The summed E-state index contributed by atoms with van der Waals surface area (Å²) in [7, 11) is 0. The number of para-hydroxylation sites is 5. The Morgan fingerprint density at radius 3 is 1.98 bits per heavy atom. The zero-order valence-electron chi connectivity index (χ0n) is 30.6. The Morgan fingerprint density at radius 1 is 0.518 bits per heavy atom. The molecule has 8 aromatic rings. The normalized spacial score (nSPS) is 15.9. The second-order valence-electron chi connectivity index (χ2n) is 14.1. The molecule has 0 radical (unpaired) electrons. The number of anilines is 9. The van der Waals surface area contributed by atoms with Crippen molar-refractivity contribution in [3.05, 3.63) is 200 Å². The molecule has 0 spiro atoms. The first-order chi connectivity index (χ1) is 27.7. The summed E-state index contributed by atoms with van der Waals surface area (Å²) < 4.78 is 2.25. The molecule has 6 bridgehead atoms. The number of hydrogen-bond donors (Lipinski definition) is 3. The first-order valence-corrected chi connectivity index (χ1v) is 18.9. The lowest BCUT2D eigenvalue weighted by Crippen LogP contribution is -2.38. The molecule has 1 aliphatic heterocycles. The molecule has 2 unspecified atom stereocenters. The lowest BCUT2D eigenvalue weighted by Gasteiger charge is -2.31. The van der Waals surface area contributed by atoms with Crippen molar-refractivity contribution in [1.82, 2.24) is 9.55 Å². The van der Waals surface area contributed by atoms with E-state index in [0.29, 0.717) is 0 Å². The smallest absolute Gasteiger partial charge is 0.220 e. The van der Waals surface area contributed by atoms with Gasteiger partial charge in [0.15, 0.2) is 0 Å². The molecule has 1 aliphatic carbocycles.